The van der Waals surface area contributed by atoms with Gasteiger partial charge in [0, 0.05) is 12.6 Å². The van der Waals surface area contributed by atoms with Gasteiger partial charge in [0.15, 0.2) is 18.2 Å². The number of nitrogens with one attached hydrogen (secondary N) is 1. The molecule has 4 nitrogen and oxygen atoms in total. The molecule has 1 unspecified atom stereocenters. The zero-order valence-corrected chi connectivity index (χ0v) is 11.4. The summed E-state index contributed by atoms with van der Waals surface area (Å²) < 4.78 is 18.8. The highest BCUT2D eigenvalue weighted by atomic mass is 19.1. The monoisotopic (exact) mass is 268 g/mol. The van der Waals surface area contributed by atoms with Crippen LogP contribution >= 0.6 is 0 Å². The van der Waals surface area contributed by atoms with Crippen molar-refractivity contribution in [1.82, 2.24) is 5.32 Å². The summed E-state index contributed by atoms with van der Waals surface area (Å²) in [4.78, 5) is 11.3. The minimum atomic E-state index is -0.471. The fourth-order valence-corrected chi connectivity index (χ4v) is 1.62. The smallest absolute Gasteiger partial charge is 0.257 e. The molecule has 1 aromatic rings. The molecular weight excluding hydrogens is 247 g/mol. The highest BCUT2D eigenvalue weighted by Gasteiger charge is 2.08. The summed E-state index contributed by atoms with van der Waals surface area (Å²) in [5.41, 5.74) is 6.47. The van der Waals surface area contributed by atoms with Crippen LogP contribution in [-0.2, 0) is 11.2 Å². The van der Waals surface area contributed by atoms with Crippen LogP contribution in [0.25, 0.3) is 0 Å². The van der Waals surface area contributed by atoms with Crippen LogP contribution in [0.2, 0.25) is 0 Å². The third-order valence-corrected chi connectivity index (χ3v) is 2.48. The van der Waals surface area contributed by atoms with Gasteiger partial charge in [0.1, 0.15) is 0 Å². The molecule has 0 fully saturated rings. The summed E-state index contributed by atoms with van der Waals surface area (Å²) in [6.07, 6.45) is 1.46. The zero-order valence-electron chi connectivity index (χ0n) is 11.4. The van der Waals surface area contributed by atoms with Gasteiger partial charge >= 0.3 is 0 Å². The molecule has 0 aromatic heterocycles. The summed E-state index contributed by atoms with van der Waals surface area (Å²) in [5.74, 6) is -0.637. The third kappa shape index (κ3) is 5.70. The molecule has 106 valence electrons. The number of rotatable bonds is 7. The van der Waals surface area contributed by atoms with Gasteiger partial charge in [-0.2, -0.15) is 0 Å². The van der Waals surface area contributed by atoms with Crippen molar-refractivity contribution in [3.05, 3.63) is 29.6 Å². The van der Waals surface area contributed by atoms with E-state index in [0.29, 0.717) is 13.0 Å². The predicted octanol–water partition coefficient (Wildman–Crippen LogP) is 1.62. The minimum Gasteiger partial charge on any atom is -0.481 e. The SMILES string of the molecule is CCCNC(=O)COc1ccc(CC(C)N)cc1F. The lowest BCUT2D eigenvalue weighted by Gasteiger charge is -2.10. The van der Waals surface area contributed by atoms with E-state index in [1.54, 1.807) is 6.07 Å². The van der Waals surface area contributed by atoms with Crippen LogP contribution in [0.1, 0.15) is 25.8 Å². The Bertz CT molecular complexity index is 422. The van der Waals surface area contributed by atoms with Crippen molar-refractivity contribution in [3.8, 4) is 5.75 Å². The Morgan fingerprint density at radius 3 is 2.84 bits per heavy atom. The van der Waals surface area contributed by atoms with Crippen molar-refractivity contribution in [3.63, 3.8) is 0 Å². The van der Waals surface area contributed by atoms with Crippen molar-refractivity contribution < 1.29 is 13.9 Å². The third-order valence-electron chi connectivity index (χ3n) is 2.48. The first-order valence-electron chi connectivity index (χ1n) is 6.46. The molecule has 0 spiro atoms. The Morgan fingerprint density at radius 1 is 1.53 bits per heavy atom. The number of ether oxygens (including phenoxy) is 1. The van der Waals surface area contributed by atoms with Gasteiger partial charge in [-0.25, -0.2) is 4.39 Å². The van der Waals surface area contributed by atoms with E-state index < -0.39 is 5.82 Å². The van der Waals surface area contributed by atoms with E-state index >= 15 is 0 Å². The predicted molar refractivity (Wildman–Crippen MR) is 72.5 cm³/mol. The van der Waals surface area contributed by atoms with E-state index in [0.717, 1.165) is 12.0 Å². The highest BCUT2D eigenvalue weighted by Crippen LogP contribution is 2.18. The molecule has 5 heteroatoms. The topological polar surface area (TPSA) is 64.3 Å². The molecule has 0 aliphatic heterocycles. The summed E-state index contributed by atoms with van der Waals surface area (Å²) in [6, 6.07) is 4.65. The minimum absolute atomic E-state index is 0.0222. The van der Waals surface area contributed by atoms with E-state index in [2.05, 4.69) is 5.32 Å². The lowest BCUT2D eigenvalue weighted by molar-refractivity contribution is -0.123. The van der Waals surface area contributed by atoms with E-state index in [1.807, 2.05) is 13.8 Å². The number of carbonyl (C=O) groups excluding carboxylic acids is 1. The van der Waals surface area contributed by atoms with Crippen LogP contribution in [-0.4, -0.2) is 25.1 Å². The lowest BCUT2D eigenvalue weighted by Crippen LogP contribution is -2.29. The van der Waals surface area contributed by atoms with Gasteiger partial charge in [0.05, 0.1) is 0 Å². The quantitative estimate of drug-likeness (QED) is 0.790. The first-order valence-corrected chi connectivity index (χ1v) is 6.46. The molecule has 0 saturated carbocycles. The lowest BCUT2D eigenvalue weighted by atomic mass is 10.1. The zero-order chi connectivity index (χ0) is 14.3. The van der Waals surface area contributed by atoms with Gasteiger partial charge in [0.2, 0.25) is 0 Å². The summed E-state index contributed by atoms with van der Waals surface area (Å²) >= 11 is 0. The van der Waals surface area contributed by atoms with E-state index in [4.69, 9.17) is 10.5 Å². The van der Waals surface area contributed by atoms with Crippen molar-refractivity contribution in [1.29, 1.82) is 0 Å². The maximum absolute atomic E-state index is 13.7. The molecule has 0 aliphatic rings. The van der Waals surface area contributed by atoms with Crippen LogP contribution in [0.3, 0.4) is 0 Å². The van der Waals surface area contributed by atoms with Gasteiger partial charge in [0.25, 0.3) is 5.91 Å². The van der Waals surface area contributed by atoms with Crippen LogP contribution < -0.4 is 15.8 Å². The van der Waals surface area contributed by atoms with Crippen LogP contribution in [0.5, 0.6) is 5.75 Å². The van der Waals surface area contributed by atoms with Crippen LogP contribution in [0, 0.1) is 5.82 Å². The second-order valence-electron chi connectivity index (χ2n) is 4.58. The molecule has 0 aliphatic carbocycles. The van der Waals surface area contributed by atoms with Gasteiger partial charge in [-0.05, 0) is 37.5 Å². The average molecular weight is 268 g/mol. The maximum atomic E-state index is 13.7. The Kier molecular flexibility index (Phi) is 6.29. The van der Waals surface area contributed by atoms with E-state index in [-0.39, 0.29) is 24.3 Å². The molecule has 3 N–H and O–H groups in total. The summed E-state index contributed by atoms with van der Waals surface area (Å²) in [6.45, 7) is 4.24. The van der Waals surface area contributed by atoms with Gasteiger partial charge < -0.3 is 15.8 Å². The average Bonchev–Trinajstić information content (AvgIpc) is 2.34. The number of hydrogen-bond acceptors (Lipinski definition) is 3. The summed E-state index contributed by atoms with van der Waals surface area (Å²) in [5, 5.41) is 2.66. The molecule has 1 amide bonds. The Labute approximate surface area is 113 Å². The van der Waals surface area contributed by atoms with Gasteiger partial charge in [-0.3, -0.25) is 4.79 Å². The standard InChI is InChI=1S/C14H21FN2O2/c1-3-6-17-14(18)9-19-13-5-4-11(7-10(2)16)8-12(13)15/h4-5,8,10H,3,6-7,9,16H2,1-2H3,(H,17,18). The van der Waals surface area contributed by atoms with Crippen molar-refractivity contribution in [2.45, 2.75) is 32.7 Å². The van der Waals surface area contributed by atoms with E-state index in [1.165, 1.54) is 12.1 Å². The first-order chi connectivity index (χ1) is 9.02. The Hall–Kier alpha value is -1.62. The molecule has 1 rings (SSSR count). The van der Waals surface area contributed by atoms with Gasteiger partial charge in [-0.15, -0.1) is 0 Å². The van der Waals surface area contributed by atoms with Crippen LogP contribution in [0.15, 0.2) is 18.2 Å². The van der Waals surface area contributed by atoms with E-state index in [9.17, 15) is 9.18 Å². The molecule has 1 aromatic carbocycles. The fourth-order valence-electron chi connectivity index (χ4n) is 1.62. The number of halogens is 1. The molecular formula is C14H21FN2O2. The molecule has 1 atom stereocenters. The first kappa shape index (κ1) is 15.4. The number of nitrogens with two attached hydrogens (primary N) is 1. The maximum Gasteiger partial charge on any atom is 0.257 e. The normalized spacial score (nSPS) is 12.0. The number of carbonyl (C=O) groups is 1. The van der Waals surface area contributed by atoms with Crippen molar-refractivity contribution in [2.75, 3.05) is 13.2 Å². The fraction of sp³-hybridized carbons (Fsp3) is 0.500. The number of benzene rings is 1. The molecule has 0 bridgehead atoms. The second-order valence-corrected chi connectivity index (χ2v) is 4.58. The number of amides is 1. The molecule has 0 heterocycles. The summed E-state index contributed by atoms with van der Waals surface area (Å²) in [7, 11) is 0. The number of hydrogen-bond donors (Lipinski definition) is 2. The molecule has 0 radical (unpaired) electrons. The van der Waals surface area contributed by atoms with Gasteiger partial charge in [-0.1, -0.05) is 13.0 Å². The van der Waals surface area contributed by atoms with Crippen molar-refractivity contribution in [2.24, 2.45) is 5.73 Å². The van der Waals surface area contributed by atoms with Crippen LogP contribution in [0.4, 0.5) is 4.39 Å². The Balaban J connectivity index is 2.53. The highest BCUT2D eigenvalue weighted by molar-refractivity contribution is 5.77. The Morgan fingerprint density at radius 2 is 2.26 bits per heavy atom. The molecule has 0 saturated heterocycles. The molecule has 19 heavy (non-hydrogen) atoms. The second kappa shape index (κ2) is 7.74. The largest absolute Gasteiger partial charge is 0.481 e. The van der Waals surface area contributed by atoms with Crippen molar-refractivity contribution >= 4 is 5.91 Å².